The third kappa shape index (κ3) is 3.99. The second kappa shape index (κ2) is 7.98. The highest BCUT2D eigenvalue weighted by Crippen LogP contribution is 2.30. The predicted molar refractivity (Wildman–Crippen MR) is 113 cm³/mol. The third-order valence-corrected chi connectivity index (χ3v) is 5.84. The van der Waals surface area contributed by atoms with Crippen LogP contribution in [0.2, 0.25) is 0 Å². The van der Waals surface area contributed by atoms with Gasteiger partial charge in [0, 0.05) is 29.2 Å². The van der Waals surface area contributed by atoms with E-state index >= 15 is 0 Å². The average Bonchev–Trinajstić information content (AvgIpc) is 3.35. The van der Waals surface area contributed by atoms with E-state index in [0.717, 1.165) is 28.1 Å². The monoisotopic (exact) mass is 390 g/mol. The van der Waals surface area contributed by atoms with Gasteiger partial charge in [-0.1, -0.05) is 35.9 Å². The largest absolute Gasteiger partial charge is 0.352 e. The summed E-state index contributed by atoms with van der Waals surface area (Å²) in [5, 5.41) is 4.95. The highest BCUT2D eigenvalue weighted by Gasteiger charge is 2.25. The number of carbonyl (C=O) groups excluding carboxylic acids is 2. The zero-order chi connectivity index (χ0) is 19.5. The van der Waals surface area contributed by atoms with Crippen LogP contribution in [0.15, 0.2) is 60.0 Å². The number of hydrogen-bond acceptors (Lipinski definition) is 3. The van der Waals surface area contributed by atoms with Gasteiger partial charge < -0.3 is 10.2 Å². The van der Waals surface area contributed by atoms with Gasteiger partial charge in [0.25, 0.3) is 5.91 Å². The first-order valence-electron chi connectivity index (χ1n) is 9.39. The van der Waals surface area contributed by atoms with Gasteiger partial charge in [0.05, 0.1) is 6.42 Å². The van der Waals surface area contributed by atoms with E-state index in [-0.39, 0.29) is 11.8 Å². The van der Waals surface area contributed by atoms with Crippen LogP contribution in [0.3, 0.4) is 0 Å². The van der Waals surface area contributed by atoms with Gasteiger partial charge in [-0.05, 0) is 54.1 Å². The number of hydrogen-bond donors (Lipinski definition) is 1. The van der Waals surface area contributed by atoms with Crippen molar-refractivity contribution < 1.29 is 9.59 Å². The van der Waals surface area contributed by atoms with E-state index in [1.54, 1.807) is 11.3 Å². The molecular weight excluding hydrogens is 368 g/mol. The fourth-order valence-electron chi connectivity index (χ4n) is 3.51. The number of thiophene rings is 1. The Morgan fingerprint density at radius 3 is 2.79 bits per heavy atom. The molecule has 0 unspecified atom stereocenters. The zero-order valence-corrected chi connectivity index (χ0v) is 16.6. The number of anilines is 1. The molecule has 4 nitrogen and oxygen atoms in total. The Labute approximate surface area is 168 Å². The number of fused-ring (bicyclic) bond motifs is 1. The number of benzene rings is 2. The Bertz CT molecular complexity index is 1010. The Hall–Kier alpha value is -2.92. The van der Waals surface area contributed by atoms with Crippen LogP contribution in [-0.4, -0.2) is 18.4 Å². The molecule has 0 radical (unpaired) electrons. The van der Waals surface area contributed by atoms with Crippen molar-refractivity contribution in [3.05, 3.63) is 87.1 Å². The van der Waals surface area contributed by atoms with E-state index in [1.165, 1.54) is 5.56 Å². The summed E-state index contributed by atoms with van der Waals surface area (Å²) in [6.07, 6.45) is 1.26. The first-order valence-corrected chi connectivity index (χ1v) is 10.3. The molecule has 2 heterocycles. The first kappa shape index (κ1) is 18.4. The molecule has 2 aromatic carbocycles. The molecule has 1 aromatic heterocycles. The van der Waals surface area contributed by atoms with E-state index in [9.17, 15) is 9.59 Å². The molecule has 1 aliphatic rings. The molecule has 4 rings (SSSR count). The summed E-state index contributed by atoms with van der Waals surface area (Å²) < 4.78 is 0. The molecule has 0 atom stereocenters. The van der Waals surface area contributed by atoms with Crippen molar-refractivity contribution in [1.29, 1.82) is 0 Å². The van der Waals surface area contributed by atoms with Crippen LogP contribution in [-0.2, 0) is 24.2 Å². The van der Waals surface area contributed by atoms with Crippen molar-refractivity contribution in [2.45, 2.75) is 26.3 Å². The molecule has 0 aliphatic carbocycles. The average molecular weight is 391 g/mol. The van der Waals surface area contributed by atoms with Gasteiger partial charge in [-0.3, -0.25) is 9.59 Å². The minimum absolute atomic E-state index is 0.00985. The molecule has 142 valence electrons. The second-order valence-electron chi connectivity index (χ2n) is 7.07. The van der Waals surface area contributed by atoms with Crippen LogP contribution in [0.1, 0.15) is 31.9 Å². The van der Waals surface area contributed by atoms with Gasteiger partial charge >= 0.3 is 0 Å². The number of amides is 2. The van der Waals surface area contributed by atoms with Crippen LogP contribution >= 0.6 is 11.3 Å². The van der Waals surface area contributed by atoms with Crippen LogP contribution in [0.25, 0.3) is 0 Å². The van der Waals surface area contributed by atoms with E-state index in [1.807, 2.05) is 65.7 Å². The lowest BCUT2D eigenvalue weighted by atomic mass is 10.1. The van der Waals surface area contributed by atoms with E-state index in [2.05, 4.69) is 11.4 Å². The normalized spacial score (nSPS) is 12.7. The van der Waals surface area contributed by atoms with Gasteiger partial charge in [-0.15, -0.1) is 11.3 Å². The molecule has 5 heteroatoms. The van der Waals surface area contributed by atoms with E-state index < -0.39 is 0 Å². The molecule has 0 saturated heterocycles. The molecule has 0 bridgehead atoms. The number of nitrogens with one attached hydrogen (secondary N) is 1. The summed E-state index contributed by atoms with van der Waals surface area (Å²) in [6, 6.07) is 17.7. The fraction of sp³-hybridized carbons (Fsp3) is 0.217. The van der Waals surface area contributed by atoms with E-state index in [0.29, 0.717) is 25.1 Å². The van der Waals surface area contributed by atoms with Gasteiger partial charge in [0.15, 0.2) is 0 Å². The lowest BCUT2D eigenvalue weighted by Gasteiger charge is -2.18. The Kier molecular flexibility index (Phi) is 5.26. The quantitative estimate of drug-likeness (QED) is 0.712. The maximum atomic E-state index is 13.0. The van der Waals surface area contributed by atoms with Crippen LogP contribution in [0.5, 0.6) is 0 Å². The number of carbonyl (C=O) groups is 2. The van der Waals surface area contributed by atoms with Crippen LogP contribution in [0, 0.1) is 6.92 Å². The molecule has 1 aliphatic heterocycles. The molecule has 28 heavy (non-hydrogen) atoms. The topological polar surface area (TPSA) is 49.4 Å². The highest BCUT2D eigenvalue weighted by molar-refractivity contribution is 7.10. The molecule has 0 fully saturated rings. The van der Waals surface area contributed by atoms with Gasteiger partial charge in [-0.25, -0.2) is 0 Å². The van der Waals surface area contributed by atoms with Crippen molar-refractivity contribution >= 4 is 28.8 Å². The molecular formula is C23H22N2O2S. The van der Waals surface area contributed by atoms with Crippen LogP contribution < -0.4 is 10.2 Å². The maximum Gasteiger partial charge on any atom is 0.258 e. The standard InChI is InChI=1S/C23H22N2O2S/c1-16-4-2-5-19(12-16)23(27)25-10-9-18-8-7-17(13-21(18)25)15-24-22(26)14-20-6-3-11-28-20/h2-8,11-13H,9-10,14-15H2,1H3,(H,24,26). The summed E-state index contributed by atoms with van der Waals surface area (Å²) >= 11 is 1.59. The van der Waals surface area contributed by atoms with Crippen molar-refractivity contribution in [2.24, 2.45) is 0 Å². The van der Waals surface area contributed by atoms with Crippen molar-refractivity contribution in [3.63, 3.8) is 0 Å². The molecule has 0 saturated carbocycles. The van der Waals surface area contributed by atoms with Crippen molar-refractivity contribution in [3.8, 4) is 0 Å². The van der Waals surface area contributed by atoms with Gasteiger partial charge in [0.2, 0.25) is 5.91 Å². The van der Waals surface area contributed by atoms with Gasteiger partial charge in [0.1, 0.15) is 0 Å². The lowest BCUT2D eigenvalue weighted by Crippen LogP contribution is -2.29. The zero-order valence-electron chi connectivity index (χ0n) is 15.8. The van der Waals surface area contributed by atoms with Crippen LogP contribution in [0.4, 0.5) is 5.69 Å². The number of nitrogens with zero attached hydrogens (tertiary/aromatic N) is 1. The summed E-state index contributed by atoms with van der Waals surface area (Å²) in [6.45, 7) is 3.14. The van der Waals surface area contributed by atoms with Crippen molar-refractivity contribution in [1.82, 2.24) is 5.32 Å². The Morgan fingerprint density at radius 1 is 1.11 bits per heavy atom. The summed E-state index contributed by atoms with van der Waals surface area (Å²) in [7, 11) is 0. The summed E-state index contributed by atoms with van der Waals surface area (Å²) in [5.41, 5.74) is 4.92. The molecule has 1 N–H and O–H groups in total. The molecule has 0 spiro atoms. The van der Waals surface area contributed by atoms with Gasteiger partial charge in [-0.2, -0.15) is 0 Å². The van der Waals surface area contributed by atoms with E-state index in [4.69, 9.17) is 0 Å². The Balaban J connectivity index is 1.46. The fourth-order valence-corrected chi connectivity index (χ4v) is 4.22. The molecule has 3 aromatic rings. The van der Waals surface area contributed by atoms with Crippen molar-refractivity contribution in [2.75, 3.05) is 11.4 Å². The summed E-state index contributed by atoms with van der Waals surface area (Å²) in [4.78, 5) is 28.0. The minimum atomic E-state index is 0.00985. The second-order valence-corrected chi connectivity index (χ2v) is 8.10. The third-order valence-electron chi connectivity index (χ3n) is 4.96. The first-order chi connectivity index (χ1) is 13.6. The number of rotatable bonds is 5. The minimum Gasteiger partial charge on any atom is -0.352 e. The Morgan fingerprint density at radius 2 is 2.00 bits per heavy atom. The predicted octanol–water partition coefficient (Wildman–Crippen LogP) is 4.12. The smallest absolute Gasteiger partial charge is 0.258 e. The summed E-state index contributed by atoms with van der Waals surface area (Å²) in [5.74, 6) is 0.0389. The molecule has 2 amide bonds. The number of aryl methyl sites for hydroxylation is 1. The lowest BCUT2D eigenvalue weighted by molar-refractivity contribution is -0.120. The SMILES string of the molecule is Cc1cccc(C(=O)N2CCc3ccc(CNC(=O)Cc4cccs4)cc32)c1. The maximum absolute atomic E-state index is 13.0. The highest BCUT2D eigenvalue weighted by atomic mass is 32.1.